The Labute approximate surface area is 93.3 Å². The average molecular weight is 219 g/mol. The second kappa shape index (κ2) is 3.14. The molecule has 2 N–H and O–H groups in total. The summed E-state index contributed by atoms with van der Waals surface area (Å²) in [6.07, 6.45) is 2.31. The maximum atomic E-state index is 11.0. The van der Waals surface area contributed by atoms with Crippen LogP contribution in [0.5, 0.6) is 11.5 Å². The van der Waals surface area contributed by atoms with Gasteiger partial charge in [-0.05, 0) is 31.0 Å². The van der Waals surface area contributed by atoms with Gasteiger partial charge < -0.3 is 15.2 Å². The fourth-order valence-electron chi connectivity index (χ4n) is 1.86. The molecule has 1 saturated carbocycles. The summed E-state index contributed by atoms with van der Waals surface area (Å²) in [5.41, 5.74) is 5.88. The molecular weight excluding hydrogens is 206 g/mol. The summed E-state index contributed by atoms with van der Waals surface area (Å²) in [7, 11) is 0. The second-order valence-electron chi connectivity index (χ2n) is 4.60. The molecular formula is C12H13NO3. The minimum atomic E-state index is -0.447. The molecule has 2 aliphatic rings. The molecule has 1 amide bonds. The van der Waals surface area contributed by atoms with Gasteiger partial charge in [0, 0.05) is 11.0 Å². The second-order valence-corrected chi connectivity index (χ2v) is 4.60. The molecule has 1 aromatic rings. The Morgan fingerprint density at radius 1 is 1.19 bits per heavy atom. The Balaban J connectivity index is 1.92. The summed E-state index contributed by atoms with van der Waals surface area (Å²) < 4.78 is 11.4. The molecule has 1 aromatic carbocycles. The third-order valence-corrected chi connectivity index (χ3v) is 3.25. The van der Waals surface area contributed by atoms with Crippen LogP contribution >= 0.6 is 0 Å². The van der Waals surface area contributed by atoms with Crippen molar-refractivity contribution in [3.05, 3.63) is 23.8 Å². The fourth-order valence-corrected chi connectivity index (χ4v) is 1.86. The smallest absolute Gasteiger partial charge is 0.248 e. The zero-order chi connectivity index (χ0) is 11.2. The first-order chi connectivity index (χ1) is 7.69. The molecule has 1 aliphatic carbocycles. The van der Waals surface area contributed by atoms with Gasteiger partial charge in [0.05, 0.1) is 13.2 Å². The molecule has 4 heteroatoms. The van der Waals surface area contributed by atoms with Crippen LogP contribution in [0.25, 0.3) is 0 Å². The van der Waals surface area contributed by atoms with Crippen molar-refractivity contribution in [2.75, 3.05) is 13.2 Å². The standard InChI is InChI=1S/C12H13NO3/c13-11(14)8-1-2-9-10(5-8)16-7-12(3-4-12)6-15-9/h1-2,5H,3-4,6-7H2,(H2,13,14). The largest absolute Gasteiger partial charge is 0.489 e. The highest BCUT2D eigenvalue weighted by molar-refractivity contribution is 5.93. The number of hydrogen-bond acceptors (Lipinski definition) is 3. The quantitative estimate of drug-likeness (QED) is 0.775. The number of nitrogens with two attached hydrogens (primary N) is 1. The van der Waals surface area contributed by atoms with Crippen LogP contribution in [0.4, 0.5) is 0 Å². The number of amides is 1. The number of fused-ring (bicyclic) bond motifs is 1. The molecule has 1 fully saturated rings. The van der Waals surface area contributed by atoms with E-state index in [1.807, 2.05) is 0 Å². The Hall–Kier alpha value is -1.71. The Morgan fingerprint density at radius 2 is 1.88 bits per heavy atom. The molecule has 4 nitrogen and oxygen atoms in total. The first-order valence-electron chi connectivity index (χ1n) is 5.38. The lowest BCUT2D eigenvalue weighted by molar-refractivity contribution is 0.1000. The summed E-state index contributed by atoms with van der Waals surface area (Å²) in [5.74, 6) is 0.880. The van der Waals surface area contributed by atoms with Crippen LogP contribution < -0.4 is 15.2 Å². The fraction of sp³-hybridized carbons (Fsp3) is 0.417. The maximum Gasteiger partial charge on any atom is 0.248 e. The van der Waals surface area contributed by atoms with E-state index in [9.17, 15) is 4.79 Å². The molecule has 1 heterocycles. The van der Waals surface area contributed by atoms with Gasteiger partial charge in [0.1, 0.15) is 0 Å². The number of ether oxygens (including phenoxy) is 2. The van der Waals surface area contributed by atoms with E-state index in [4.69, 9.17) is 15.2 Å². The van der Waals surface area contributed by atoms with Crippen molar-refractivity contribution in [2.45, 2.75) is 12.8 Å². The number of benzene rings is 1. The molecule has 0 aromatic heterocycles. The van der Waals surface area contributed by atoms with Gasteiger partial charge in [-0.3, -0.25) is 4.79 Å². The lowest BCUT2D eigenvalue weighted by atomic mass is 10.1. The molecule has 3 rings (SSSR count). The van der Waals surface area contributed by atoms with Gasteiger partial charge in [-0.2, -0.15) is 0 Å². The van der Waals surface area contributed by atoms with E-state index in [1.54, 1.807) is 18.2 Å². The Bertz CT molecular complexity index is 452. The number of carbonyl (C=O) groups excluding carboxylic acids is 1. The van der Waals surface area contributed by atoms with Crippen molar-refractivity contribution < 1.29 is 14.3 Å². The summed E-state index contributed by atoms with van der Waals surface area (Å²) in [4.78, 5) is 11.0. The zero-order valence-corrected chi connectivity index (χ0v) is 8.86. The molecule has 0 unspecified atom stereocenters. The summed E-state index contributed by atoms with van der Waals surface area (Å²) >= 11 is 0. The normalized spacial score (nSPS) is 20.2. The highest BCUT2D eigenvalue weighted by Crippen LogP contribution is 2.49. The van der Waals surface area contributed by atoms with E-state index >= 15 is 0 Å². The minimum Gasteiger partial charge on any atom is -0.489 e. The lowest BCUT2D eigenvalue weighted by Crippen LogP contribution is -2.17. The summed E-state index contributed by atoms with van der Waals surface area (Å²) in [5, 5.41) is 0. The number of carbonyl (C=O) groups is 1. The van der Waals surface area contributed by atoms with Crippen LogP contribution in [-0.4, -0.2) is 19.1 Å². The molecule has 16 heavy (non-hydrogen) atoms. The molecule has 0 radical (unpaired) electrons. The van der Waals surface area contributed by atoms with Crippen LogP contribution in [0.3, 0.4) is 0 Å². The van der Waals surface area contributed by atoms with Crippen LogP contribution in [0.2, 0.25) is 0 Å². The van der Waals surface area contributed by atoms with E-state index in [0.29, 0.717) is 30.3 Å². The number of primary amides is 1. The zero-order valence-electron chi connectivity index (χ0n) is 8.86. The molecule has 1 spiro atoms. The van der Waals surface area contributed by atoms with E-state index in [0.717, 1.165) is 12.8 Å². The lowest BCUT2D eigenvalue weighted by Gasteiger charge is -2.08. The molecule has 0 bridgehead atoms. The minimum absolute atomic E-state index is 0.214. The van der Waals surface area contributed by atoms with Crippen molar-refractivity contribution in [3.63, 3.8) is 0 Å². The van der Waals surface area contributed by atoms with Crippen LogP contribution in [0.1, 0.15) is 23.2 Å². The number of hydrogen-bond donors (Lipinski definition) is 1. The predicted molar refractivity (Wildman–Crippen MR) is 57.6 cm³/mol. The van der Waals surface area contributed by atoms with E-state index in [1.165, 1.54) is 0 Å². The predicted octanol–water partition coefficient (Wildman–Crippen LogP) is 1.34. The number of rotatable bonds is 1. The third kappa shape index (κ3) is 1.50. The molecule has 0 saturated heterocycles. The van der Waals surface area contributed by atoms with E-state index in [-0.39, 0.29) is 5.41 Å². The highest BCUT2D eigenvalue weighted by Gasteiger charge is 2.46. The van der Waals surface area contributed by atoms with Gasteiger partial charge >= 0.3 is 0 Å². The van der Waals surface area contributed by atoms with Crippen molar-refractivity contribution in [2.24, 2.45) is 11.1 Å². The van der Waals surface area contributed by atoms with Crippen molar-refractivity contribution in [1.82, 2.24) is 0 Å². The first-order valence-corrected chi connectivity index (χ1v) is 5.38. The van der Waals surface area contributed by atoms with Crippen molar-refractivity contribution >= 4 is 5.91 Å². The topological polar surface area (TPSA) is 61.6 Å². The van der Waals surface area contributed by atoms with Gasteiger partial charge in [0.15, 0.2) is 11.5 Å². The average Bonchev–Trinajstić information content (AvgIpc) is 3.07. The third-order valence-electron chi connectivity index (χ3n) is 3.25. The maximum absolute atomic E-state index is 11.0. The molecule has 0 atom stereocenters. The van der Waals surface area contributed by atoms with Gasteiger partial charge in [-0.25, -0.2) is 0 Å². The van der Waals surface area contributed by atoms with Crippen molar-refractivity contribution in [1.29, 1.82) is 0 Å². The first kappa shape index (κ1) is 9.51. The Morgan fingerprint density at radius 3 is 2.50 bits per heavy atom. The van der Waals surface area contributed by atoms with Crippen LogP contribution in [-0.2, 0) is 0 Å². The summed E-state index contributed by atoms with van der Waals surface area (Å²) in [6, 6.07) is 5.06. The highest BCUT2D eigenvalue weighted by atomic mass is 16.5. The molecule has 1 aliphatic heterocycles. The Kier molecular flexibility index (Phi) is 1.87. The van der Waals surface area contributed by atoms with Gasteiger partial charge in [-0.15, -0.1) is 0 Å². The van der Waals surface area contributed by atoms with Crippen molar-refractivity contribution in [3.8, 4) is 11.5 Å². The van der Waals surface area contributed by atoms with Crippen LogP contribution in [0, 0.1) is 5.41 Å². The van der Waals surface area contributed by atoms with E-state index < -0.39 is 5.91 Å². The molecule has 84 valence electrons. The van der Waals surface area contributed by atoms with Gasteiger partial charge in [-0.1, -0.05) is 0 Å². The monoisotopic (exact) mass is 219 g/mol. The van der Waals surface area contributed by atoms with Crippen LogP contribution in [0.15, 0.2) is 18.2 Å². The SMILES string of the molecule is NC(=O)c1ccc2c(c1)OCC1(CC1)CO2. The van der Waals surface area contributed by atoms with Gasteiger partial charge in [0.2, 0.25) is 5.91 Å². The van der Waals surface area contributed by atoms with Gasteiger partial charge in [0.25, 0.3) is 0 Å². The van der Waals surface area contributed by atoms with E-state index in [2.05, 4.69) is 0 Å². The summed E-state index contributed by atoms with van der Waals surface area (Å²) in [6.45, 7) is 1.37.